The molecule has 124 valence electrons. The summed E-state index contributed by atoms with van der Waals surface area (Å²) in [7, 11) is -3.19. The van der Waals surface area contributed by atoms with Crippen LogP contribution in [-0.2, 0) is 22.0 Å². The molecular weight excluding hydrogens is 314 g/mol. The maximum Gasteiger partial charge on any atom is 0.269 e. The van der Waals surface area contributed by atoms with Gasteiger partial charge in [0, 0.05) is 18.4 Å². The van der Waals surface area contributed by atoms with Crippen molar-refractivity contribution in [2.24, 2.45) is 0 Å². The first-order valence-electron chi connectivity index (χ1n) is 7.33. The van der Waals surface area contributed by atoms with Crippen molar-refractivity contribution in [3.05, 3.63) is 75.3 Å². The fourth-order valence-corrected chi connectivity index (χ4v) is 2.98. The molecule has 6 heteroatoms. The first kappa shape index (κ1) is 18.8. The predicted octanol–water partition coefficient (Wildman–Crippen LogP) is 3.76. The monoisotopic (exact) mass is 335 g/mol. The zero-order chi connectivity index (χ0) is 17.5. The van der Waals surface area contributed by atoms with E-state index in [2.05, 4.69) is 0 Å². The minimum absolute atomic E-state index is 0.0295. The molecule has 0 radical (unpaired) electrons. The van der Waals surface area contributed by atoms with Gasteiger partial charge in [-0.25, -0.2) is 8.42 Å². The van der Waals surface area contributed by atoms with Crippen LogP contribution in [0.2, 0.25) is 0 Å². The minimum atomic E-state index is -3.19. The highest BCUT2D eigenvalue weighted by Crippen LogP contribution is 2.22. The number of nitro benzene ring substituents is 1. The summed E-state index contributed by atoms with van der Waals surface area (Å²) in [5.41, 5.74) is 2.22. The van der Waals surface area contributed by atoms with E-state index in [-0.39, 0.29) is 11.4 Å². The summed E-state index contributed by atoms with van der Waals surface area (Å²) in [5.74, 6) is -0.118. The highest BCUT2D eigenvalue weighted by Gasteiger charge is 2.14. The van der Waals surface area contributed by atoms with E-state index in [1.807, 2.05) is 44.2 Å². The van der Waals surface area contributed by atoms with Crippen LogP contribution in [0.15, 0.2) is 48.5 Å². The Labute approximate surface area is 137 Å². The van der Waals surface area contributed by atoms with Crippen LogP contribution in [0.3, 0.4) is 0 Å². The second-order valence-corrected chi connectivity index (χ2v) is 7.08. The molecule has 23 heavy (non-hydrogen) atoms. The SMILES string of the molecule is CC.CS(=O)(=O)Cc1ccc([N+](=O)[O-])cc1Cc1ccccc1. The van der Waals surface area contributed by atoms with Crippen LogP contribution in [0.1, 0.15) is 30.5 Å². The molecule has 0 aliphatic rings. The van der Waals surface area contributed by atoms with E-state index in [0.717, 1.165) is 11.8 Å². The molecule has 0 fully saturated rings. The van der Waals surface area contributed by atoms with Gasteiger partial charge in [-0.2, -0.15) is 0 Å². The Bertz CT molecular complexity index is 755. The molecule has 0 atom stereocenters. The third kappa shape index (κ3) is 6.20. The van der Waals surface area contributed by atoms with Crippen LogP contribution in [0.25, 0.3) is 0 Å². The largest absolute Gasteiger partial charge is 0.269 e. The van der Waals surface area contributed by atoms with Crippen molar-refractivity contribution in [3.63, 3.8) is 0 Å². The van der Waals surface area contributed by atoms with Gasteiger partial charge in [0.25, 0.3) is 5.69 Å². The Morgan fingerprint density at radius 2 is 1.61 bits per heavy atom. The summed E-state index contributed by atoms with van der Waals surface area (Å²) < 4.78 is 23.0. The van der Waals surface area contributed by atoms with Crippen LogP contribution < -0.4 is 0 Å². The molecule has 0 amide bonds. The van der Waals surface area contributed by atoms with Crippen molar-refractivity contribution < 1.29 is 13.3 Å². The summed E-state index contributed by atoms with van der Waals surface area (Å²) in [6, 6.07) is 13.8. The molecule has 0 heterocycles. The van der Waals surface area contributed by atoms with E-state index < -0.39 is 14.8 Å². The maximum absolute atomic E-state index is 11.5. The Morgan fingerprint density at radius 1 is 1.00 bits per heavy atom. The van der Waals surface area contributed by atoms with Crippen LogP contribution >= 0.6 is 0 Å². The van der Waals surface area contributed by atoms with Gasteiger partial charge in [0.1, 0.15) is 0 Å². The molecule has 0 bridgehead atoms. The van der Waals surface area contributed by atoms with Crippen molar-refractivity contribution in [2.75, 3.05) is 6.26 Å². The van der Waals surface area contributed by atoms with Crippen molar-refractivity contribution in [3.8, 4) is 0 Å². The van der Waals surface area contributed by atoms with E-state index in [1.54, 1.807) is 0 Å². The summed E-state index contributed by atoms with van der Waals surface area (Å²) in [5, 5.41) is 10.9. The van der Waals surface area contributed by atoms with Crippen molar-refractivity contribution >= 4 is 15.5 Å². The molecular formula is C17H21NO4S. The van der Waals surface area contributed by atoms with E-state index >= 15 is 0 Å². The third-order valence-electron chi connectivity index (χ3n) is 3.06. The lowest BCUT2D eigenvalue weighted by Gasteiger charge is -2.09. The zero-order valence-corrected chi connectivity index (χ0v) is 14.3. The zero-order valence-electron chi connectivity index (χ0n) is 13.5. The van der Waals surface area contributed by atoms with Gasteiger partial charge in [-0.15, -0.1) is 0 Å². The summed E-state index contributed by atoms with van der Waals surface area (Å²) in [6.45, 7) is 4.00. The first-order valence-corrected chi connectivity index (χ1v) is 9.39. The number of nitrogens with zero attached hydrogens (tertiary/aromatic N) is 1. The predicted molar refractivity (Wildman–Crippen MR) is 92.2 cm³/mol. The van der Waals surface area contributed by atoms with E-state index in [0.29, 0.717) is 17.5 Å². The lowest BCUT2D eigenvalue weighted by atomic mass is 10.00. The van der Waals surface area contributed by atoms with Gasteiger partial charge >= 0.3 is 0 Å². The third-order valence-corrected chi connectivity index (χ3v) is 3.89. The summed E-state index contributed by atoms with van der Waals surface area (Å²) >= 11 is 0. The number of sulfone groups is 1. The molecule has 2 aromatic rings. The number of non-ortho nitro benzene ring substituents is 1. The summed E-state index contributed by atoms with van der Waals surface area (Å²) in [4.78, 5) is 10.4. The van der Waals surface area contributed by atoms with Gasteiger partial charge < -0.3 is 0 Å². The highest BCUT2D eigenvalue weighted by molar-refractivity contribution is 7.89. The molecule has 2 aromatic carbocycles. The van der Waals surface area contributed by atoms with Gasteiger partial charge in [0.05, 0.1) is 10.7 Å². The Balaban J connectivity index is 0.00000127. The molecule has 0 N–H and O–H groups in total. The number of nitro groups is 1. The molecule has 5 nitrogen and oxygen atoms in total. The average Bonchev–Trinajstić information content (AvgIpc) is 2.50. The Hall–Kier alpha value is -2.21. The van der Waals surface area contributed by atoms with Crippen LogP contribution in [-0.4, -0.2) is 19.6 Å². The highest BCUT2D eigenvalue weighted by atomic mass is 32.2. The van der Waals surface area contributed by atoms with E-state index in [9.17, 15) is 18.5 Å². The van der Waals surface area contributed by atoms with E-state index in [4.69, 9.17) is 0 Å². The van der Waals surface area contributed by atoms with Crippen molar-refractivity contribution in [1.29, 1.82) is 0 Å². The van der Waals surface area contributed by atoms with Crippen LogP contribution in [0.4, 0.5) is 5.69 Å². The second kappa shape index (κ2) is 8.43. The molecule has 0 aliphatic carbocycles. The average molecular weight is 335 g/mol. The van der Waals surface area contributed by atoms with Crippen molar-refractivity contribution in [2.45, 2.75) is 26.0 Å². The topological polar surface area (TPSA) is 77.3 Å². The van der Waals surface area contributed by atoms with Gasteiger partial charge in [-0.1, -0.05) is 50.2 Å². The first-order chi connectivity index (χ1) is 10.8. The number of benzene rings is 2. The fourth-order valence-electron chi connectivity index (χ4n) is 2.13. The number of hydrogen-bond donors (Lipinski definition) is 0. The molecule has 0 saturated carbocycles. The Morgan fingerprint density at radius 3 is 2.13 bits per heavy atom. The molecule has 0 aromatic heterocycles. The molecule has 0 aliphatic heterocycles. The van der Waals surface area contributed by atoms with Crippen LogP contribution in [0.5, 0.6) is 0 Å². The number of hydrogen-bond acceptors (Lipinski definition) is 4. The van der Waals surface area contributed by atoms with Gasteiger partial charge in [0.2, 0.25) is 0 Å². The number of rotatable bonds is 5. The standard InChI is InChI=1S/C15H15NO4S.C2H6/c1-21(19,20)11-13-7-8-15(16(17)18)10-14(13)9-12-5-3-2-4-6-12;1-2/h2-8,10H,9,11H2,1H3;1-2H3. The van der Waals surface area contributed by atoms with E-state index in [1.165, 1.54) is 18.2 Å². The minimum Gasteiger partial charge on any atom is -0.258 e. The maximum atomic E-state index is 11.5. The normalized spacial score (nSPS) is 10.6. The van der Waals surface area contributed by atoms with Gasteiger partial charge in [0.15, 0.2) is 9.84 Å². The smallest absolute Gasteiger partial charge is 0.258 e. The van der Waals surface area contributed by atoms with Crippen molar-refractivity contribution in [1.82, 2.24) is 0 Å². The van der Waals surface area contributed by atoms with Gasteiger partial charge in [-0.05, 0) is 23.1 Å². The lowest BCUT2D eigenvalue weighted by Crippen LogP contribution is -2.05. The van der Waals surface area contributed by atoms with Crippen LogP contribution in [0, 0.1) is 10.1 Å². The summed E-state index contributed by atoms with van der Waals surface area (Å²) in [6.07, 6.45) is 1.62. The quantitative estimate of drug-likeness (QED) is 0.616. The molecule has 2 rings (SSSR count). The lowest BCUT2D eigenvalue weighted by molar-refractivity contribution is -0.384. The second-order valence-electron chi connectivity index (χ2n) is 4.94. The Kier molecular flexibility index (Phi) is 6.90. The molecule has 0 unspecified atom stereocenters. The molecule has 0 saturated heterocycles. The molecule has 0 spiro atoms. The fraction of sp³-hybridized carbons (Fsp3) is 0.294. The van der Waals surface area contributed by atoms with Gasteiger partial charge in [-0.3, -0.25) is 10.1 Å².